The van der Waals surface area contributed by atoms with Gasteiger partial charge in [0.05, 0.1) is 22.8 Å². The fraction of sp³-hybridized carbons (Fsp3) is 0.316. The first-order chi connectivity index (χ1) is 12.4. The molecule has 4 rings (SSSR count). The van der Waals surface area contributed by atoms with Gasteiger partial charge in [-0.05, 0) is 36.6 Å². The smallest absolute Gasteiger partial charge is 0.264 e. The van der Waals surface area contributed by atoms with E-state index < -0.39 is 10.0 Å². The van der Waals surface area contributed by atoms with Gasteiger partial charge in [-0.2, -0.15) is 0 Å². The minimum atomic E-state index is -3.70. The molecule has 0 atom stereocenters. The van der Waals surface area contributed by atoms with Crippen LogP contribution in [-0.4, -0.2) is 34.0 Å². The van der Waals surface area contributed by atoms with Crippen molar-refractivity contribution in [2.24, 2.45) is 0 Å². The molecule has 0 unspecified atom stereocenters. The zero-order chi connectivity index (χ0) is 18.5. The van der Waals surface area contributed by atoms with Crippen LogP contribution in [-0.2, 0) is 21.2 Å². The van der Waals surface area contributed by atoms with Gasteiger partial charge in [-0.15, -0.1) is 0 Å². The lowest BCUT2D eigenvalue weighted by Gasteiger charge is -2.30. The molecule has 2 aromatic carbocycles. The summed E-state index contributed by atoms with van der Waals surface area (Å²) in [7, 11) is -3.70. The van der Waals surface area contributed by atoms with E-state index in [0.29, 0.717) is 43.1 Å². The van der Waals surface area contributed by atoms with E-state index in [0.717, 1.165) is 11.3 Å². The molecule has 2 aliphatic heterocycles. The standard InChI is InChI=1S/C19H20N2O4S/c1-13-11-17-18(25-10-9-20(17)14(2)22)12-19(13)26(23,24)21-8-7-15-5-3-4-6-16(15)21/h3-6,11-12H,7-10H2,1-2H3. The molecule has 26 heavy (non-hydrogen) atoms. The Balaban J connectivity index is 1.80. The molecule has 6 nitrogen and oxygen atoms in total. The predicted octanol–water partition coefficient (Wildman–Crippen LogP) is 2.49. The van der Waals surface area contributed by atoms with E-state index in [1.807, 2.05) is 24.3 Å². The Morgan fingerprint density at radius 1 is 1.12 bits per heavy atom. The number of rotatable bonds is 2. The molecule has 0 aliphatic carbocycles. The van der Waals surface area contributed by atoms with E-state index in [1.165, 1.54) is 11.2 Å². The topological polar surface area (TPSA) is 66.9 Å². The van der Waals surface area contributed by atoms with Crippen molar-refractivity contribution < 1.29 is 17.9 Å². The van der Waals surface area contributed by atoms with Gasteiger partial charge in [-0.3, -0.25) is 9.10 Å². The fourth-order valence-electron chi connectivity index (χ4n) is 3.63. The van der Waals surface area contributed by atoms with E-state index in [1.54, 1.807) is 24.0 Å². The Kier molecular flexibility index (Phi) is 3.91. The zero-order valence-electron chi connectivity index (χ0n) is 14.7. The fourth-order valence-corrected chi connectivity index (χ4v) is 5.36. The first kappa shape index (κ1) is 16.9. The minimum absolute atomic E-state index is 0.0852. The number of hydrogen-bond donors (Lipinski definition) is 0. The highest BCUT2D eigenvalue weighted by Crippen LogP contribution is 2.39. The number of para-hydroxylation sites is 1. The molecule has 7 heteroatoms. The molecule has 0 bridgehead atoms. The Morgan fingerprint density at radius 2 is 1.88 bits per heavy atom. The van der Waals surface area contributed by atoms with Crippen LogP contribution in [0.15, 0.2) is 41.3 Å². The van der Waals surface area contributed by atoms with Crippen LogP contribution in [0.25, 0.3) is 0 Å². The van der Waals surface area contributed by atoms with Gasteiger partial charge >= 0.3 is 0 Å². The summed E-state index contributed by atoms with van der Waals surface area (Å²) in [6, 6.07) is 10.8. The molecule has 1 amide bonds. The van der Waals surface area contributed by atoms with Crippen LogP contribution >= 0.6 is 0 Å². The molecule has 2 heterocycles. The van der Waals surface area contributed by atoms with Gasteiger partial charge in [-0.1, -0.05) is 18.2 Å². The summed E-state index contributed by atoms with van der Waals surface area (Å²) in [4.78, 5) is 13.7. The van der Waals surface area contributed by atoms with Gasteiger partial charge < -0.3 is 9.64 Å². The summed E-state index contributed by atoms with van der Waals surface area (Å²) in [5.41, 5.74) is 2.99. The number of sulfonamides is 1. The maximum absolute atomic E-state index is 13.3. The number of anilines is 2. The van der Waals surface area contributed by atoms with Crippen molar-refractivity contribution in [1.29, 1.82) is 0 Å². The van der Waals surface area contributed by atoms with Crippen LogP contribution in [0.3, 0.4) is 0 Å². The number of benzene rings is 2. The number of ether oxygens (including phenoxy) is 1. The second-order valence-corrected chi connectivity index (χ2v) is 8.39. The Hall–Kier alpha value is -2.54. The average molecular weight is 372 g/mol. The molecule has 0 saturated heterocycles. The zero-order valence-corrected chi connectivity index (χ0v) is 15.5. The number of carbonyl (C=O) groups excluding carboxylic acids is 1. The third-order valence-electron chi connectivity index (χ3n) is 4.91. The highest BCUT2D eigenvalue weighted by atomic mass is 32.2. The van der Waals surface area contributed by atoms with Crippen molar-refractivity contribution in [3.05, 3.63) is 47.5 Å². The number of amides is 1. The third-order valence-corrected chi connectivity index (χ3v) is 6.87. The van der Waals surface area contributed by atoms with Gasteiger partial charge in [0.1, 0.15) is 12.4 Å². The van der Waals surface area contributed by atoms with E-state index in [4.69, 9.17) is 4.74 Å². The molecule has 0 radical (unpaired) electrons. The average Bonchev–Trinajstić information content (AvgIpc) is 3.05. The van der Waals surface area contributed by atoms with E-state index in [-0.39, 0.29) is 10.8 Å². The summed E-state index contributed by atoms with van der Waals surface area (Å²) in [6.07, 6.45) is 0.702. The van der Waals surface area contributed by atoms with Gasteiger partial charge in [0.2, 0.25) is 5.91 Å². The van der Waals surface area contributed by atoms with E-state index in [9.17, 15) is 13.2 Å². The Labute approximate surface area is 153 Å². The number of aryl methyl sites for hydroxylation is 1. The Morgan fingerprint density at radius 3 is 2.65 bits per heavy atom. The molecule has 0 aromatic heterocycles. The highest BCUT2D eigenvalue weighted by molar-refractivity contribution is 7.93. The van der Waals surface area contributed by atoms with Crippen LogP contribution in [0.1, 0.15) is 18.1 Å². The summed E-state index contributed by atoms with van der Waals surface area (Å²) in [6.45, 7) is 4.49. The lowest BCUT2D eigenvalue weighted by atomic mass is 10.1. The number of hydrogen-bond acceptors (Lipinski definition) is 4. The van der Waals surface area contributed by atoms with Gasteiger partial charge in [0.25, 0.3) is 10.0 Å². The summed E-state index contributed by atoms with van der Waals surface area (Å²) in [5.74, 6) is 0.348. The summed E-state index contributed by atoms with van der Waals surface area (Å²) >= 11 is 0. The SMILES string of the molecule is CC(=O)N1CCOc2cc(S(=O)(=O)N3CCc4ccccc43)c(C)cc21. The minimum Gasteiger partial charge on any atom is -0.489 e. The van der Waals surface area contributed by atoms with Crippen LogP contribution in [0.2, 0.25) is 0 Å². The normalized spacial score (nSPS) is 16.1. The first-order valence-corrected chi connectivity index (χ1v) is 10.00. The van der Waals surface area contributed by atoms with Crippen LogP contribution in [0.4, 0.5) is 11.4 Å². The number of fused-ring (bicyclic) bond motifs is 2. The molecule has 136 valence electrons. The number of carbonyl (C=O) groups is 1. The maximum Gasteiger partial charge on any atom is 0.264 e. The summed E-state index contributed by atoms with van der Waals surface area (Å²) in [5, 5.41) is 0. The second-order valence-electron chi connectivity index (χ2n) is 6.56. The lowest BCUT2D eigenvalue weighted by molar-refractivity contribution is -0.116. The second kappa shape index (κ2) is 6.02. The molecule has 2 aromatic rings. The number of nitrogens with zero attached hydrogens (tertiary/aromatic N) is 2. The van der Waals surface area contributed by atoms with Gasteiger partial charge in [-0.25, -0.2) is 8.42 Å². The molecule has 0 spiro atoms. The van der Waals surface area contributed by atoms with Crippen molar-refractivity contribution in [3.8, 4) is 5.75 Å². The Bertz CT molecular complexity index is 1000. The molecule has 2 aliphatic rings. The van der Waals surface area contributed by atoms with Crippen molar-refractivity contribution in [3.63, 3.8) is 0 Å². The van der Waals surface area contributed by atoms with Crippen LogP contribution in [0.5, 0.6) is 5.75 Å². The molecular formula is C19H20N2O4S. The van der Waals surface area contributed by atoms with Crippen LogP contribution in [0, 0.1) is 6.92 Å². The molecule has 0 fully saturated rings. The largest absolute Gasteiger partial charge is 0.489 e. The van der Waals surface area contributed by atoms with Gasteiger partial charge in [0.15, 0.2) is 0 Å². The summed E-state index contributed by atoms with van der Waals surface area (Å²) < 4.78 is 33.7. The van der Waals surface area contributed by atoms with Crippen molar-refractivity contribution in [1.82, 2.24) is 0 Å². The van der Waals surface area contributed by atoms with E-state index >= 15 is 0 Å². The monoisotopic (exact) mass is 372 g/mol. The lowest BCUT2D eigenvalue weighted by Crippen LogP contribution is -2.36. The van der Waals surface area contributed by atoms with Crippen molar-refractivity contribution in [2.45, 2.75) is 25.2 Å². The molecule has 0 N–H and O–H groups in total. The van der Waals surface area contributed by atoms with Crippen LogP contribution < -0.4 is 13.9 Å². The van der Waals surface area contributed by atoms with Crippen molar-refractivity contribution >= 4 is 27.3 Å². The van der Waals surface area contributed by atoms with Crippen molar-refractivity contribution in [2.75, 3.05) is 28.9 Å². The van der Waals surface area contributed by atoms with E-state index in [2.05, 4.69) is 0 Å². The maximum atomic E-state index is 13.3. The van der Waals surface area contributed by atoms with Gasteiger partial charge in [0, 0.05) is 19.5 Å². The molecular weight excluding hydrogens is 352 g/mol. The first-order valence-electron chi connectivity index (χ1n) is 8.56. The third kappa shape index (κ3) is 2.54. The predicted molar refractivity (Wildman–Crippen MR) is 99.4 cm³/mol. The highest BCUT2D eigenvalue weighted by Gasteiger charge is 2.33. The quantitative estimate of drug-likeness (QED) is 0.812. The molecule has 0 saturated carbocycles.